The molecule has 0 aromatic heterocycles. The highest BCUT2D eigenvalue weighted by atomic mass is 28.4. The van der Waals surface area contributed by atoms with E-state index in [1.807, 2.05) is 0 Å². The molecule has 1 aliphatic carbocycles. The predicted octanol–water partition coefficient (Wildman–Crippen LogP) is 5.76. The van der Waals surface area contributed by atoms with E-state index in [1.54, 1.807) is 0 Å². The normalized spacial score (nSPS) is 23.6. The molecular formula is C19H30OSi. The van der Waals surface area contributed by atoms with Gasteiger partial charge in [-0.2, -0.15) is 0 Å². The minimum Gasteiger partial charge on any atom is -0.417 e. The SMILES string of the molecule is C=C1CC(c2ccccc2)[C@@H](CO[Si](C)(C)C(C)(C)C)C1. The van der Waals surface area contributed by atoms with E-state index in [4.69, 9.17) is 4.43 Å². The molecule has 116 valence electrons. The minimum atomic E-state index is -1.65. The molecule has 0 heterocycles. The maximum Gasteiger partial charge on any atom is 0.191 e. The smallest absolute Gasteiger partial charge is 0.191 e. The largest absolute Gasteiger partial charge is 0.417 e. The topological polar surface area (TPSA) is 9.23 Å². The monoisotopic (exact) mass is 302 g/mol. The molecule has 1 aliphatic rings. The highest BCUT2D eigenvalue weighted by Crippen LogP contribution is 2.44. The third-order valence-corrected chi connectivity index (χ3v) is 9.82. The van der Waals surface area contributed by atoms with Gasteiger partial charge in [0.2, 0.25) is 0 Å². The van der Waals surface area contributed by atoms with Crippen LogP contribution in [-0.2, 0) is 4.43 Å². The molecule has 21 heavy (non-hydrogen) atoms. The fraction of sp³-hybridized carbons (Fsp3) is 0.579. The molecule has 1 fully saturated rings. The van der Waals surface area contributed by atoms with Crippen LogP contribution in [0.4, 0.5) is 0 Å². The van der Waals surface area contributed by atoms with Crippen LogP contribution in [0.2, 0.25) is 18.1 Å². The van der Waals surface area contributed by atoms with Gasteiger partial charge in [-0.3, -0.25) is 0 Å². The van der Waals surface area contributed by atoms with Crippen molar-refractivity contribution in [3.8, 4) is 0 Å². The van der Waals surface area contributed by atoms with E-state index in [1.165, 1.54) is 11.1 Å². The Hall–Kier alpha value is -0.863. The summed E-state index contributed by atoms with van der Waals surface area (Å²) >= 11 is 0. The number of hydrogen-bond acceptors (Lipinski definition) is 1. The summed E-state index contributed by atoms with van der Waals surface area (Å²) in [7, 11) is -1.65. The highest BCUT2D eigenvalue weighted by Gasteiger charge is 2.39. The van der Waals surface area contributed by atoms with Crippen molar-refractivity contribution in [2.45, 2.75) is 57.7 Å². The van der Waals surface area contributed by atoms with Crippen LogP contribution < -0.4 is 0 Å². The van der Waals surface area contributed by atoms with Gasteiger partial charge in [-0.1, -0.05) is 63.3 Å². The van der Waals surface area contributed by atoms with Gasteiger partial charge in [-0.25, -0.2) is 0 Å². The third kappa shape index (κ3) is 3.86. The maximum atomic E-state index is 6.48. The lowest BCUT2D eigenvalue weighted by Crippen LogP contribution is -2.42. The van der Waals surface area contributed by atoms with E-state index in [2.05, 4.69) is 70.8 Å². The fourth-order valence-corrected chi connectivity index (χ4v) is 3.94. The molecule has 0 spiro atoms. The van der Waals surface area contributed by atoms with Crippen LogP contribution in [0.25, 0.3) is 0 Å². The fourth-order valence-electron chi connectivity index (χ4n) is 2.87. The van der Waals surface area contributed by atoms with Crippen LogP contribution >= 0.6 is 0 Å². The third-order valence-electron chi connectivity index (χ3n) is 5.32. The zero-order valence-corrected chi connectivity index (χ0v) is 15.3. The maximum absolute atomic E-state index is 6.48. The van der Waals surface area contributed by atoms with E-state index in [0.717, 1.165) is 19.4 Å². The second-order valence-corrected chi connectivity index (χ2v) is 12.8. The van der Waals surface area contributed by atoms with E-state index in [-0.39, 0.29) is 5.04 Å². The molecule has 1 aromatic carbocycles. The number of allylic oxidation sites excluding steroid dienone is 1. The Balaban J connectivity index is 2.06. The molecule has 0 bridgehead atoms. The summed E-state index contributed by atoms with van der Waals surface area (Å²) < 4.78 is 6.48. The van der Waals surface area contributed by atoms with Gasteiger partial charge >= 0.3 is 0 Å². The molecule has 0 saturated heterocycles. The van der Waals surface area contributed by atoms with Gasteiger partial charge in [-0.05, 0) is 48.4 Å². The van der Waals surface area contributed by atoms with Crippen LogP contribution in [0.3, 0.4) is 0 Å². The number of rotatable bonds is 4. The first kappa shape index (κ1) is 16.5. The van der Waals surface area contributed by atoms with Crippen LogP contribution in [0.15, 0.2) is 42.5 Å². The summed E-state index contributed by atoms with van der Waals surface area (Å²) in [6, 6.07) is 10.9. The molecule has 0 amide bonds. The first-order chi connectivity index (χ1) is 9.71. The molecule has 1 nitrogen and oxygen atoms in total. The van der Waals surface area contributed by atoms with Gasteiger partial charge in [0, 0.05) is 6.61 Å². The van der Waals surface area contributed by atoms with Gasteiger partial charge in [-0.15, -0.1) is 0 Å². The van der Waals surface area contributed by atoms with Crippen LogP contribution in [0.5, 0.6) is 0 Å². The van der Waals surface area contributed by atoms with Gasteiger partial charge in [0.25, 0.3) is 0 Å². The molecule has 2 atom stereocenters. The second-order valence-electron chi connectivity index (χ2n) is 8.01. The summed E-state index contributed by atoms with van der Waals surface area (Å²) in [6.45, 7) is 16.7. The van der Waals surface area contributed by atoms with Gasteiger partial charge in [0.05, 0.1) is 0 Å². The number of hydrogen-bond donors (Lipinski definition) is 0. The molecule has 1 aromatic rings. The van der Waals surface area contributed by atoms with E-state index >= 15 is 0 Å². The lowest BCUT2D eigenvalue weighted by Gasteiger charge is -2.37. The van der Waals surface area contributed by atoms with Crippen molar-refractivity contribution in [2.24, 2.45) is 5.92 Å². The zero-order valence-electron chi connectivity index (χ0n) is 14.3. The van der Waals surface area contributed by atoms with Crippen molar-refractivity contribution < 1.29 is 4.43 Å². The Morgan fingerprint density at radius 1 is 1.14 bits per heavy atom. The molecule has 2 heteroatoms. The average molecular weight is 303 g/mol. The van der Waals surface area contributed by atoms with Crippen LogP contribution in [0, 0.1) is 5.92 Å². The van der Waals surface area contributed by atoms with Crippen molar-refractivity contribution in [2.75, 3.05) is 6.61 Å². The van der Waals surface area contributed by atoms with E-state index < -0.39 is 8.32 Å². The standard InChI is InChI=1S/C19H30OSi/c1-15-12-17(14-20-21(5,6)19(2,3)4)18(13-15)16-10-8-7-9-11-16/h7-11,17-18H,1,12-14H2,2-6H3/t17-,18?/m1/s1. The first-order valence-electron chi connectivity index (χ1n) is 8.06. The summed E-state index contributed by atoms with van der Waals surface area (Å²) in [5.74, 6) is 1.18. The molecule has 1 unspecified atom stereocenters. The minimum absolute atomic E-state index is 0.283. The molecular weight excluding hydrogens is 272 g/mol. The second kappa shape index (κ2) is 6.10. The van der Waals surface area contributed by atoms with Crippen LogP contribution in [0.1, 0.15) is 45.1 Å². The molecule has 0 aliphatic heterocycles. The van der Waals surface area contributed by atoms with Crippen molar-refractivity contribution >= 4 is 8.32 Å². The van der Waals surface area contributed by atoms with Crippen molar-refractivity contribution in [3.05, 3.63) is 48.0 Å². The Morgan fingerprint density at radius 3 is 2.33 bits per heavy atom. The Labute approximate surface area is 131 Å². The lowest BCUT2D eigenvalue weighted by molar-refractivity contribution is 0.220. The summed E-state index contributed by atoms with van der Waals surface area (Å²) in [5.41, 5.74) is 2.83. The Kier molecular flexibility index (Phi) is 4.79. The zero-order chi connectivity index (χ0) is 15.7. The summed E-state index contributed by atoms with van der Waals surface area (Å²) in [4.78, 5) is 0. The predicted molar refractivity (Wildman–Crippen MR) is 94.2 cm³/mol. The van der Waals surface area contributed by atoms with Gasteiger partial charge < -0.3 is 4.43 Å². The van der Waals surface area contributed by atoms with E-state index in [0.29, 0.717) is 11.8 Å². The van der Waals surface area contributed by atoms with Crippen molar-refractivity contribution in [1.29, 1.82) is 0 Å². The molecule has 2 rings (SSSR count). The molecule has 0 radical (unpaired) electrons. The first-order valence-corrected chi connectivity index (χ1v) is 11.0. The molecule has 1 saturated carbocycles. The van der Waals surface area contributed by atoms with Crippen molar-refractivity contribution in [1.82, 2.24) is 0 Å². The van der Waals surface area contributed by atoms with E-state index in [9.17, 15) is 0 Å². The van der Waals surface area contributed by atoms with Crippen molar-refractivity contribution in [3.63, 3.8) is 0 Å². The summed E-state index contributed by atoms with van der Waals surface area (Å²) in [5, 5.41) is 0.283. The summed E-state index contributed by atoms with van der Waals surface area (Å²) in [6.07, 6.45) is 2.24. The quantitative estimate of drug-likeness (QED) is 0.507. The number of benzene rings is 1. The van der Waals surface area contributed by atoms with Gasteiger partial charge in [0.1, 0.15) is 0 Å². The Bertz CT molecular complexity index is 484. The average Bonchev–Trinajstić information content (AvgIpc) is 2.77. The lowest BCUT2D eigenvalue weighted by atomic mass is 9.89. The highest BCUT2D eigenvalue weighted by molar-refractivity contribution is 6.74. The van der Waals surface area contributed by atoms with Gasteiger partial charge in [0.15, 0.2) is 8.32 Å². The Morgan fingerprint density at radius 2 is 1.76 bits per heavy atom. The van der Waals surface area contributed by atoms with Crippen LogP contribution in [-0.4, -0.2) is 14.9 Å². The molecule has 0 N–H and O–H groups in total.